The van der Waals surface area contributed by atoms with E-state index in [2.05, 4.69) is 14.7 Å². The highest BCUT2D eigenvalue weighted by molar-refractivity contribution is 7.92. The van der Waals surface area contributed by atoms with Gasteiger partial charge in [0, 0.05) is 12.0 Å². The highest BCUT2D eigenvalue weighted by Crippen LogP contribution is 2.19. The van der Waals surface area contributed by atoms with E-state index in [0.29, 0.717) is 18.1 Å². The van der Waals surface area contributed by atoms with Crippen molar-refractivity contribution in [3.63, 3.8) is 0 Å². The molecule has 0 spiro atoms. The zero-order chi connectivity index (χ0) is 15.5. The molecule has 7 heteroatoms. The van der Waals surface area contributed by atoms with Crippen LogP contribution in [0.2, 0.25) is 0 Å². The minimum absolute atomic E-state index is 0.0198. The molecule has 1 fully saturated rings. The molecule has 1 aromatic rings. The van der Waals surface area contributed by atoms with E-state index in [0.717, 1.165) is 19.3 Å². The molecule has 0 unspecified atom stereocenters. The second-order valence-corrected chi connectivity index (χ2v) is 8.18. The van der Waals surface area contributed by atoms with Gasteiger partial charge in [-0.3, -0.25) is 4.72 Å². The maximum atomic E-state index is 12.1. The summed E-state index contributed by atoms with van der Waals surface area (Å²) >= 11 is 0. The molecule has 118 valence electrons. The Morgan fingerprint density at radius 1 is 1.29 bits per heavy atom. The van der Waals surface area contributed by atoms with Crippen molar-refractivity contribution in [2.75, 3.05) is 17.1 Å². The first-order valence-corrected chi connectivity index (χ1v) is 8.86. The molecule has 21 heavy (non-hydrogen) atoms. The summed E-state index contributed by atoms with van der Waals surface area (Å²) in [6.45, 7) is 6.66. The number of sulfonamides is 1. The molecule has 2 rings (SSSR count). The van der Waals surface area contributed by atoms with E-state index in [4.69, 9.17) is 4.74 Å². The number of rotatable bonds is 4. The molecule has 0 amide bonds. The van der Waals surface area contributed by atoms with Crippen molar-refractivity contribution in [3.8, 4) is 0 Å². The minimum atomic E-state index is -3.44. The van der Waals surface area contributed by atoms with Gasteiger partial charge in [0.1, 0.15) is 5.82 Å². The second-order valence-electron chi connectivity index (χ2n) is 6.42. The van der Waals surface area contributed by atoms with E-state index in [9.17, 15) is 8.42 Å². The molecule has 0 bridgehead atoms. The first-order valence-electron chi connectivity index (χ1n) is 7.21. The summed E-state index contributed by atoms with van der Waals surface area (Å²) in [5.74, 6) is 0.662. The van der Waals surface area contributed by atoms with Gasteiger partial charge < -0.3 is 4.74 Å². The Kier molecular flexibility index (Phi) is 4.83. The Morgan fingerprint density at radius 2 is 1.95 bits per heavy atom. The summed E-state index contributed by atoms with van der Waals surface area (Å²) in [5.41, 5.74) is 0.228. The third-order valence-corrected chi connectivity index (χ3v) is 4.63. The van der Waals surface area contributed by atoms with E-state index < -0.39 is 10.0 Å². The standard InChI is InChI=1S/C14H23N3O3S/c1-14(2,3)13-15-8-11(9-16-13)17-21(18,19)10-12-6-4-5-7-20-12/h8-9,12,17H,4-7,10H2,1-3H3/t12-/m0/s1. The lowest BCUT2D eigenvalue weighted by Gasteiger charge is -2.22. The van der Waals surface area contributed by atoms with E-state index in [-0.39, 0.29) is 17.3 Å². The van der Waals surface area contributed by atoms with Crippen LogP contribution in [0.1, 0.15) is 45.9 Å². The molecule has 0 aromatic carbocycles. The van der Waals surface area contributed by atoms with Crippen LogP contribution < -0.4 is 4.72 Å². The smallest absolute Gasteiger partial charge is 0.235 e. The molecule has 1 aliphatic heterocycles. The maximum Gasteiger partial charge on any atom is 0.235 e. The predicted octanol–water partition coefficient (Wildman–Crippen LogP) is 2.08. The largest absolute Gasteiger partial charge is 0.377 e. The summed E-state index contributed by atoms with van der Waals surface area (Å²) in [6, 6.07) is 0. The molecule has 1 atom stereocenters. The molecule has 0 saturated carbocycles. The van der Waals surface area contributed by atoms with Gasteiger partial charge >= 0.3 is 0 Å². The maximum absolute atomic E-state index is 12.1. The summed E-state index contributed by atoms with van der Waals surface area (Å²) in [5, 5.41) is 0. The Balaban J connectivity index is 1.99. The molecule has 1 aliphatic rings. The van der Waals surface area contributed by atoms with Gasteiger partial charge in [0.2, 0.25) is 10.0 Å². The fourth-order valence-corrected chi connectivity index (χ4v) is 3.47. The number of aromatic nitrogens is 2. The molecular weight excluding hydrogens is 290 g/mol. The third kappa shape index (κ3) is 4.93. The van der Waals surface area contributed by atoms with Crippen LogP contribution in [-0.2, 0) is 20.2 Å². The van der Waals surface area contributed by atoms with Gasteiger partial charge in [-0.05, 0) is 19.3 Å². The summed E-state index contributed by atoms with van der Waals surface area (Å²) in [4.78, 5) is 8.42. The number of hydrogen-bond donors (Lipinski definition) is 1. The van der Waals surface area contributed by atoms with Crippen LogP contribution >= 0.6 is 0 Å². The van der Waals surface area contributed by atoms with Crippen molar-refractivity contribution >= 4 is 15.7 Å². The first-order chi connectivity index (χ1) is 9.76. The van der Waals surface area contributed by atoms with Gasteiger partial charge in [0.25, 0.3) is 0 Å². The van der Waals surface area contributed by atoms with Crippen molar-refractivity contribution in [2.45, 2.75) is 51.6 Å². The van der Waals surface area contributed by atoms with Crippen LogP contribution in [0.5, 0.6) is 0 Å². The number of ether oxygens (including phenoxy) is 1. The molecule has 2 heterocycles. The normalized spacial score (nSPS) is 20.2. The van der Waals surface area contributed by atoms with Crippen molar-refractivity contribution in [1.82, 2.24) is 9.97 Å². The molecule has 6 nitrogen and oxygen atoms in total. The SMILES string of the molecule is CC(C)(C)c1ncc(NS(=O)(=O)C[C@@H]2CCCCO2)cn1. The van der Waals surface area contributed by atoms with Crippen LogP contribution in [0.25, 0.3) is 0 Å². The lowest BCUT2D eigenvalue weighted by Crippen LogP contribution is -2.31. The third-order valence-electron chi connectivity index (χ3n) is 3.28. The van der Waals surface area contributed by atoms with Crippen LogP contribution in [0, 0.1) is 0 Å². The first kappa shape index (κ1) is 16.2. The zero-order valence-electron chi connectivity index (χ0n) is 12.8. The Labute approximate surface area is 126 Å². The molecule has 0 aliphatic carbocycles. The Morgan fingerprint density at radius 3 is 2.48 bits per heavy atom. The lowest BCUT2D eigenvalue weighted by atomic mass is 9.96. The van der Waals surface area contributed by atoms with Crippen molar-refractivity contribution < 1.29 is 13.2 Å². The van der Waals surface area contributed by atoms with E-state index in [1.54, 1.807) is 0 Å². The summed E-state index contributed by atoms with van der Waals surface area (Å²) < 4.78 is 32.2. The monoisotopic (exact) mass is 313 g/mol. The Hall–Kier alpha value is -1.21. The highest BCUT2D eigenvalue weighted by atomic mass is 32.2. The highest BCUT2D eigenvalue weighted by Gasteiger charge is 2.23. The van der Waals surface area contributed by atoms with Gasteiger partial charge in [-0.1, -0.05) is 20.8 Å². The number of nitrogens with zero attached hydrogens (tertiary/aromatic N) is 2. The molecule has 1 N–H and O–H groups in total. The molecule has 1 saturated heterocycles. The summed E-state index contributed by atoms with van der Waals surface area (Å²) in [7, 11) is -3.44. The van der Waals surface area contributed by atoms with Gasteiger partial charge in [-0.2, -0.15) is 0 Å². The number of anilines is 1. The molecular formula is C14H23N3O3S. The fourth-order valence-electron chi connectivity index (χ4n) is 2.17. The van der Waals surface area contributed by atoms with Crippen molar-refractivity contribution in [2.24, 2.45) is 0 Å². The van der Waals surface area contributed by atoms with Gasteiger partial charge in [0.05, 0.1) is 29.9 Å². The minimum Gasteiger partial charge on any atom is -0.377 e. The lowest BCUT2D eigenvalue weighted by molar-refractivity contribution is 0.0306. The quantitative estimate of drug-likeness (QED) is 0.920. The average molecular weight is 313 g/mol. The van der Waals surface area contributed by atoms with Gasteiger partial charge in [0.15, 0.2) is 0 Å². The van der Waals surface area contributed by atoms with Gasteiger partial charge in [-0.15, -0.1) is 0 Å². The molecule has 0 radical (unpaired) electrons. The number of nitrogens with one attached hydrogen (secondary N) is 1. The van der Waals surface area contributed by atoms with Crippen molar-refractivity contribution in [1.29, 1.82) is 0 Å². The Bertz CT molecular complexity index is 558. The van der Waals surface area contributed by atoms with Crippen LogP contribution in [0.3, 0.4) is 0 Å². The second kappa shape index (κ2) is 6.27. The molecule has 1 aromatic heterocycles. The average Bonchev–Trinajstić information content (AvgIpc) is 2.38. The summed E-state index contributed by atoms with van der Waals surface area (Å²) in [6.07, 6.45) is 5.61. The van der Waals surface area contributed by atoms with Crippen LogP contribution in [0.15, 0.2) is 12.4 Å². The van der Waals surface area contributed by atoms with Crippen molar-refractivity contribution in [3.05, 3.63) is 18.2 Å². The van der Waals surface area contributed by atoms with Crippen LogP contribution in [0.4, 0.5) is 5.69 Å². The predicted molar refractivity (Wildman–Crippen MR) is 81.7 cm³/mol. The van der Waals surface area contributed by atoms with Crippen LogP contribution in [-0.4, -0.2) is 36.8 Å². The zero-order valence-corrected chi connectivity index (χ0v) is 13.6. The fraction of sp³-hybridized carbons (Fsp3) is 0.714. The van der Waals surface area contributed by atoms with Gasteiger partial charge in [-0.25, -0.2) is 18.4 Å². The number of hydrogen-bond acceptors (Lipinski definition) is 5. The van der Waals surface area contributed by atoms with E-state index >= 15 is 0 Å². The van der Waals surface area contributed by atoms with E-state index in [1.807, 2.05) is 20.8 Å². The van der Waals surface area contributed by atoms with E-state index in [1.165, 1.54) is 12.4 Å². The topological polar surface area (TPSA) is 81.2 Å².